The molecule has 0 bridgehead atoms. The monoisotopic (exact) mass is 616 g/mol. The van der Waals surface area contributed by atoms with Crippen LogP contribution in [-0.2, 0) is 22.4 Å². The zero-order valence-corrected chi connectivity index (χ0v) is 25.4. The van der Waals surface area contributed by atoms with Gasteiger partial charge >= 0.3 is 18.0 Å². The van der Waals surface area contributed by atoms with Crippen molar-refractivity contribution >= 4 is 45.5 Å². The Morgan fingerprint density at radius 2 is 1.73 bits per heavy atom. The highest BCUT2D eigenvalue weighted by Crippen LogP contribution is 2.33. The maximum absolute atomic E-state index is 12.7. The Morgan fingerprint density at radius 3 is 2.38 bits per heavy atom. The van der Waals surface area contributed by atoms with E-state index in [0.29, 0.717) is 42.9 Å². The van der Waals surface area contributed by atoms with E-state index in [1.165, 1.54) is 0 Å². The second kappa shape index (κ2) is 11.3. The van der Waals surface area contributed by atoms with Crippen molar-refractivity contribution in [3.63, 3.8) is 0 Å². The van der Waals surface area contributed by atoms with Gasteiger partial charge in [0.05, 0.1) is 16.1 Å². The van der Waals surface area contributed by atoms with Crippen molar-refractivity contribution in [2.24, 2.45) is 0 Å². The SMILES string of the molecule is CC(C)(C)OC(=O)NC1CCN(c2cc3c(c(C(=O)O)c2)CN(c2ccc(Br)c(C(=O)OC(C)(C)C)n2)CC3)C1. The van der Waals surface area contributed by atoms with Crippen LogP contribution in [0, 0.1) is 0 Å². The molecule has 2 aromatic rings. The number of hydrogen-bond acceptors (Lipinski definition) is 8. The number of carboxylic acids is 1. The number of rotatable bonds is 5. The van der Waals surface area contributed by atoms with Crippen molar-refractivity contribution in [2.45, 2.75) is 78.2 Å². The fourth-order valence-electron chi connectivity index (χ4n) is 4.88. The van der Waals surface area contributed by atoms with Crippen LogP contribution in [0.25, 0.3) is 0 Å². The standard InChI is InChI=1S/C29H37BrN4O6/c1-28(2,3)39-26(37)24-22(30)7-8-23(32-24)34-11-9-17-13-19(14-20(25(35)36)21(17)16-34)33-12-10-18(15-33)31-27(38)40-29(4,5)6/h7-8,13-14,18H,9-12,15-16H2,1-6H3,(H,31,38)(H,35,36). The molecule has 1 aromatic heterocycles. The van der Waals surface area contributed by atoms with E-state index in [-0.39, 0.29) is 17.3 Å². The van der Waals surface area contributed by atoms with Gasteiger partial charge in [0.25, 0.3) is 0 Å². The van der Waals surface area contributed by atoms with E-state index in [9.17, 15) is 19.5 Å². The molecule has 11 heteroatoms. The Kier molecular flexibility index (Phi) is 8.35. The van der Waals surface area contributed by atoms with E-state index in [1.807, 2.05) is 25.7 Å². The summed E-state index contributed by atoms with van der Waals surface area (Å²) in [4.78, 5) is 45.9. The van der Waals surface area contributed by atoms with Gasteiger partial charge in [0, 0.05) is 31.9 Å². The molecule has 1 amide bonds. The number of carbonyl (C=O) groups excluding carboxylic acids is 2. The van der Waals surface area contributed by atoms with Crippen LogP contribution >= 0.6 is 15.9 Å². The van der Waals surface area contributed by atoms with E-state index in [0.717, 1.165) is 23.2 Å². The molecule has 0 spiro atoms. The molecular formula is C29H37BrN4O6. The molecule has 1 saturated heterocycles. The Labute approximate surface area is 243 Å². The highest BCUT2D eigenvalue weighted by molar-refractivity contribution is 9.10. The number of fused-ring (bicyclic) bond motifs is 1. The largest absolute Gasteiger partial charge is 0.478 e. The molecule has 0 aliphatic carbocycles. The minimum Gasteiger partial charge on any atom is -0.478 e. The second-order valence-electron chi connectivity index (χ2n) is 12.2. The third-order valence-corrected chi connectivity index (χ3v) is 7.22. The topological polar surface area (TPSA) is 121 Å². The zero-order valence-electron chi connectivity index (χ0n) is 23.8. The number of benzene rings is 1. The summed E-state index contributed by atoms with van der Waals surface area (Å²) in [6.07, 6.45) is 0.908. The molecule has 10 nitrogen and oxygen atoms in total. The van der Waals surface area contributed by atoms with Crippen LogP contribution in [0.2, 0.25) is 0 Å². The van der Waals surface area contributed by atoms with Gasteiger partial charge in [-0.05, 0) is 106 Å². The molecule has 1 unspecified atom stereocenters. The van der Waals surface area contributed by atoms with Gasteiger partial charge < -0.3 is 29.7 Å². The number of aromatic nitrogens is 1. The lowest BCUT2D eigenvalue weighted by molar-refractivity contribution is 0.00612. The Bertz CT molecular complexity index is 1320. The normalized spacial score (nSPS) is 17.3. The van der Waals surface area contributed by atoms with Gasteiger partial charge in [0.15, 0.2) is 5.69 Å². The van der Waals surface area contributed by atoms with Gasteiger partial charge in [0.2, 0.25) is 0 Å². The van der Waals surface area contributed by atoms with Crippen LogP contribution < -0.4 is 15.1 Å². The van der Waals surface area contributed by atoms with Crippen LogP contribution in [0.4, 0.5) is 16.3 Å². The minimum absolute atomic E-state index is 0.0858. The van der Waals surface area contributed by atoms with Crippen LogP contribution in [0.1, 0.15) is 79.9 Å². The molecule has 0 saturated carbocycles. The summed E-state index contributed by atoms with van der Waals surface area (Å²) in [5.41, 5.74) is 1.71. The molecule has 2 N–H and O–H groups in total. The van der Waals surface area contributed by atoms with E-state index < -0.39 is 29.2 Å². The van der Waals surface area contributed by atoms with Gasteiger partial charge in [-0.3, -0.25) is 0 Å². The Balaban J connectivity index is 1.53. The predicted octanol–water partition coefficient (Wildman–Crippen LogP) is 5.16. The van der Waals surface area contributed by atoms with Gasteiger partial charge in [-0.15, -0.1) is 0 Å². The Morgan fingerprint density at radius 1 is 1.02 bits per heavy atom. The first-order chi connectivity index (χ1) is 18.6. The maximum Gasteiger partial charge on any atom is 0.407 e. The summed E-state index contributed by atoms with van der Waals surface area (Å²) in [6.45, 7) is 13.1. The van der Waals surface area contributed by atoms with Crippen LogP contribution in [0.15, 0.2) is 28.7 Å². The molecule has 2 aliphatic heterocycles. The summed E-state index contributed by atoms with van der Waals surface area (Å²) >= 11 is 3.39. The van der Waals surface area contributed by atoms with E-state index in [1.54, 1.807) is 39.0 Å². The Hall–Kier alpha value is -3.34. The number of carboxylic acid groups (broad SMARTS) is 1. The number of pyridine rings is 1. The average Bonchev–Trinajstić information content (AvgIpc) is 3.29. The zero-order chi connectivity index (χ0) is 29.4. The third-order valence-electron chi connectivity index (χ3n) is 6.58. The lowest BCUT2D eigenvalue weighted by atomic mass is 9.93. The van der Waals surface area contributed by atoms with Crippen molar-refractivity contribution < 1.29 is 29.0 Å². The highest BCUT2D eigenvalue weighted by Gasteiger charge is 2.30. The molecule has 1 atom stereocenters. The number of amides is 1. The lowest BCUT2D eigenvalue weighted by Gasteiger charge is -2.32. The summed E-state index contributed by atoms with van der Waals surface area (Å²) in [5.74, 6) is -0.953. The quantitative estimate of drug-likeness (QED) is 0.438. The van der Waals surface area contributed by atoms with Crippen molar-refractivity contribution in [3.8, 4) is 0 Å². The molecule has 4 rings (SSSR count). The number of aromatic carboxylic acids is 1. The average molecular weight is 618 g/mol. The summed E-state index contributed by atoms with van der Waals surface area (Å²) < 4.78 is 11.4. The first-order valence-corrected chi connectivity index (χ1v) is 14.2. The highest BCUT2D eigenvalue weighted by atomic mass is 79.9. The van der Waals surface area contributed by atoms with Crippen LogP contribution in [0.5, 0.6) is 0 Å². The number of anilines is 2. The van der Waals surface area contributed by atoms with Crippen molar-refractivity contribution in [2.75, 3.05) is 29.4 Å². The van der Waals surface area contributed by atoms with Crippen molar-refractivity contribution in [1.29, 1.82) is 0 Å². The van der Waals surface area contributed by atoms with Gasteiger partial charge in [-0.2, -0.15) is 0 Å². The summed E-state index contributed by atoms with van der Waals surface area (Å²) in [6, 6.07) is 7.24. The first kappa shape index (κ1) is 29.6. The van der Waals surface area contributed by atoms with E-state index in [4.69, 9.17) is 9.47 Å². The molecule has 40 heavy (non-hydrogen) atoms. The molecule has 1 aromatic carbocycles. The molecular weight excluding hydrogens is 580 g/mol. The molecule has 3 heterocycles. The van der Waals surface area contributed by atoms with Crippen LogP contribution in [0.3, 0.4) is 0 Å². The fourth-order valence-corrected chi connectivity index (χ4v) is 5.27. The smallest absolute Gasteiger partial charge is 0.407 e. The molecule has 1 fully saturated rings. The third kappa shape index (κ3) is 7.24. The number of carbonyl (C=O) groups is 3. The van der Waals surface area contributed by atoms with Gasteiger partial charge in [-0.25, -0.2) is 19.4 Å². The molecule has 216 valence electrons. The summed E-state index contributed by atoms with van der Waals surface area (Å²) in [7, 11) is 0. The summed E-state index contributed by atoms with van der Waals surface area (Å²) in [5, 5.41) is 13.0. The number of nitrogens with zero attached hydrogens (tertiary/aromatic N) is 3. The number of alkyl carbamates (subject to hydrolysis) is 1. The molecule has 2 aliphatic rings. The minimum atomic E-state index is -0.999. The number of ether oxygens (including phenoxy) is 2. The van der Waals surface area contributed by atoms with Crippen molar-refractivity contribution in [1.82, 2.24) is 10.3 Å². The predicted molar refractivity (Wildman–Crippen MR) is 155 cm³/mol. The fraction of sp³-hybridized carbons (Fsp3) is 0.517. The molecule has 0 radical (unpaired) electrons. The number of hydrogen-bond donors (Lipinski definition) is 2. The lowest BCUT2D eigenvalue weighted by Crippen LogP contribution is -2.40. The number of esters is 1. The van der Waals surface area contributed by atoms with E-state index >= 15 is 0 Å². The number of nitrogens with one attached hydrogen (secondary N) is 1. The van der Waals surface area contributed by atoms with Gasteiger partial charge in [-0.1, -0.05) is 0 Å². The number of halogens is 1. The van der Waals surface area contributed by atoms with Gasteiger partial charge in [0.1, 0.15) is 17.0 Å². The maximum atomic E-state index is 12.7. The second-order valence-corrected chi connectivity index (χ2v) is 13.0. The van der Waals surface area contributed by atoms with Crippen LogP contribution in [-0.4, -0.2) is 65.0 Å². The van der Waals surface area contributed by atoms with E-state index in [2.05, 4.69) is 37.2 Å². The van der Waals surface area contributed by atoms with Crippen molar-refractivity contribution in [3.05, 3.63) is 51.1 Å². The first-order valence-electron chi connectivity index (χ1n) is 13.4.